The zero-order valence-electron chi connectivity index (χ0n) is 14.2. The van der Waals surface area contributed by atoms with Crippen LogP contribution in [0.2, 0.25) is 0 Å². The average molecular weight is 318 g/mol. The summed E-state index contributed by atoms with van der Waals surface area (Å²) in [4.78, 5) is 26.5. The summed E-state index contributed by atoms with van der Waals surface area (Å²) in [6, 6.07) is 7.35. The van der Waals surface area contributed by atoms with Gasteiger partial charge in [-0.25, -0.2) is 0 Å². The minimum absolute atomic E-state index is 0.00433. The molecule has 1 unspecified atom stereocenters. The normalized spacial score (nSPS) is 17.9. The molecule has 2 rings (SSSR count). The third kappa shape index (κ3) is 4.47. The van der Waals surface area contributed by atoms with Crippen LogP contribution in [0, 0.1) is 0 Å². The Balaban J connectivity index is 2.08. The maximum atomic E-state index is 12.5. The number of ether oxygens (including phenoxy) is 1. The van der Waals surface area contributed by atoms with E-state index in [0.29, 0.717) is 18.0 Å². The molecule has 5 nitrogen and oxygen atoms in total. The molecule has 1 aliphatic rings. The molecule has 23 heavy (non-hydrogen) atoms. The first-order valence-corrected chi connectivity index (χ1v) is 8.40. The molecule has 0 bridgehead atoms. The highest BCUT2D eigenvalue weighted by atomic mass is 16.5. The van der Waals surface area contributed by atoms with Gasteiger partial charge in [0.2, 0.25) is 0 Å². The molecule has 1 heterocycles. The average Bonchev–Trinajstić information content (AvgIpc) is 2.55. The van der Waals surface area contributed by atoms with Crippen molar-refractivity contribution in [2.24, 2.45) is 0 Å². The fourth-order valence-electron chi connectivity index (χ4n) is 2.93. The predicted molar refractivity (Wildman–Crippen MR) is 90.5 cm³/mol. The lowest BCUT2D eigenvalue weighted by atomic mass is 10.00. The largest absolute Gasteiger partial charge is 0.489 e. The number of benzene rings is 1. The molecule has 0 saturated carbocycles. The Kier molecular flexibility index (Phi) is 6.02. The smallest absolute Gasteiger partial charge is 0.314 e. The number of anilines is 1. The molecule has 1 aliphatic heterocycles. The SMILES string of the molecule is CCC1CCCCN1C(=O)C(=O)Nc1ccccc1OC(C)C. The summed E-state index contributed by atoms with van der Waals surface area (Å²) >= 11 is 0. The van der Waals surface area contributed by atoms with Gasteiger partial charge in [-0.2, -0.15) is 0 Å². The maximum absolute atomic E-state index is 12.5. The van der Waals surface area contributed by atoms with E-state index < -0.39 is 11.8 Å². The fourth-order valence-corrected chi connectivity index (χ4v) is 2.93. The lowest BCUT2D eigenvalue weighted by Gasteiger charge is -2.34. The van der Waals surface area contributed by atoms with Gasteiger partial charge in [-0.1, -0.05) is 19.1 Å². The molecular weight excluding hydrogens is 292 g/mol. The first-order chi connectivity index (χ1) is 11.0. The first-order valence-electron chi connectivity index (χ1n) is 8.40. The third-order valence-corrected chi connectivity index (χ3v) is 4.05. The number of likely N-dealkylation sites (tertiary alicyclic amines) is 1. The molecule has 1 aromatic rings. The highest BCUT2D eigenvalue weighted by molar-refractivity contribution is 6.39. The number of hydrogen-bond acceptors (Lipinski definition) is 3. The zero-order chi connectivity index (χ0) is 16.8. The second kappa shape index (κ2) is 7.99. The van der Waals surface area contributed by atoms with Crippen LogP contribution in [-0.2, 0) is 9.59 Å². The summed E-state index contributed by atoms with van der Waals surface area (Å²) in [7, 11) is 0. The number of nitrogens with one attached hydrogen (secondary N) is 1. The third-order valence-electron chi connectivity index (χ3n) is 4.05. The van der Waals surface area contributed by atoms with E-state index in [2.05, 4.69) is 12.2 Å². The molecule has 0 aromatic heterocycles. The molecular formula is C18H26N2O3. The second-order valence-electron chi connectivity index (χ2n) is 6.17. The number of carbonyl (C=O) groups is 2. The first kappa shape index (κ1) is 17.3. The van der Waals surface area contributed by atoms with Crippen molar-refractivity contribution in [2.75, 3.05) is 11.9 Å². The summed E-state index contributed by atoms with van der Waals surface area (Å²) in [6.45, 7) is 6.56. The summed E-state index contributed by atoms with van der Waals surface area (Å²) in [5.41, 5.74) is 0.532. The van der Waals surface area contributed by atoms with Gasteiger partial charge in [0, 0.05) is 12.6 Å². The summed E-state index contributed by atoms with van der Waals surface area (Å²) in [5, 5.41) is 2.70. The predicted octanol–water partition coefficient (Wildman–Crippen LogP) is 3.20. The van der Waals surface area contributed by atoms with E-state index in [9.17, 15) is 9.59 Å². The van der Waals surface area contributed by atoms with Crippen molar-refractivity contribution < 1.29 is 14.3 Å². The van der Waals surface area contributed by atoms with Crippen molar-refractivity contribution in [3.05, 3.63) is 24.3 Å². The van der Waals surface area contributed by atoms with Gasteiger partial charge in [-0.15, -0.1) is 0 Å². The highest BCUT2D eigenvalue weighted by Gasteiger charge is 2.30. The van der Waals surface area contributed by atoms with Crippen LogP contribution in [0.25, 0.3) is 0 Å². The molecule has 0 aliphatic carbocycles. The van der Waals surface area contributed by atoms with Crippen LogP contribution in [0.15, 0.2) is 24.3 Å². The summed E-state index contributed by atoms with van der Waals surface area (Å²) in [5.74, 6) is -0.463. The van der Waals surface area contributed by atoms with Gasteiger partial charge >= 0.3 is 11.8 Å². The van der Waals surface area contributed by atoms with E-state index in [1.165, 1.54) is 0 Å². The minimum atomic E-state index is -0.592. The Hall–Kier alpha value is -2.04. The quantitative estimate of drug-likeness (QED) is 0.867. The van der Waals surface area contributed by atoms with Crippen molar-refractivity contribution in [3.63, 3.8) is 0 Å². The van der Waals surface area contributed by atoms with Crippen molar-refractivity contribution in [1.82, 2.24) is 4.90 Å². The molecule has 126 valence electrons. The number of hydrogen-bond donors (Lipinski definition) is 1. The topological polar surface area (TPSA) is 58.6 Å². The van der Waals surface area contributed by atoms with Crippen LogP contribution in [0.4, 0.5) is 5.69 Å². The van der Waals surface area contributed by atoms with E-state index in [1.54, 1.807) is 17.0 Å². The van der Waals surface area contributed by atoms with E-state index >= 15 is 0 Å². The monoisotopic (exact) mass is 318 g/mol. The molecule has 5 heteroatoms. The van der Waals surface area contributed by atoms with Crippen molar-refractivity contribution >= 4 is 17.5 Å². The van der Waals surface area contributed by atoms with E-state index in [1.807, 2.05) is 26.0 Å². The van der Waals surface area contributed by atoms with Gasteiger partial charge in [-0.05, 0) is 51.7 Å². The number of rotatable bonds is 4. The lowest BCUT2D eigenvalue weighted by molar-refractivity contribution is -0.145. The zero-order valence-corrected chi connectivity index (χ0v) is 14.2. The van der Waals surface area contributed by atoms with Gasteiger partial charge in [-0.3, -0.25) is 9.59 Å². The van der Waals surface area contributed by atoms with E-state index in [0.717, 1.165) is 25.7 Å². The minimum Gasteiger partial charge on any atom is -0.489 e. The van der Waals surface area contributed by atoms with Crippen LogP contribution in [-0.4, -0.2) is 35.4 Å². The second-order valence-corrected chi connectivity index (χ2v) is 6.17. The Morgan fingerprint density at radius 3 is 2.74 bits per heavy atom. The molecule has 1 atom stereocenters. The Bertz CT molecular complexity index is 557. The van der Waals surface area contributed by atoms with E-state index in [4.69, 9.17) is 4.74 Å². The van der Waals surface area contributed by atoms with Crippen LogP contribution in [0.5, 0.6) is 5.75 Å². The van der Waals surface area contributed by atoms with Gasteiger partial charge in [0.1, 0.15) is 5.75 Å². The lowest BCUT2D eigenvalue weighted by Crippen LogP contribution is -2.48. The number of carbonyl (C=O) groups excluding carboxylic acids is 2. The molecule has 0 radical (unpaired) electrons. The van der Waals surface area contributed by atoms with Crippen molar-refractivity contribution in [2.45, 2.75) is 58.6 Å². The Labute approximate surface area is 138 Å². The van der Waals surface area contributed by atoms with Gasteiger partial charge in [0.25, 0.3) is 0 Å². The molecule has 1 saturated heterocycles. The summed E-state index contributed by atoms with van der Waals surface area (Å²) in [6.07, 6.45) is 3.93. The van der Waals surface area contributed by atoms with E-state index in [-0.39, 0.29) is 12.1 Å². The van der Waals surface area contributed by atoms with Gasteiger partial charge in [0.05, 0.1) is 11.8 Å². The number of para-hydroxylation sites is 2. The van der Waals surface area contributed by atoms with Crippen LogP contribution >= 0.6 is 0 Å². The fraction of sp³-hybridized carbons (Fsp3) is 0.556. The molecule has 1 aromatic carbocycles. The molecule has 2 amide bonds. The van der Waals surface area contributed by atoms with Gasteiger partial charge < -0.3 is 15.0 Å². The molecule has 1 N–H and O–H groups in total. The Morgan fingerprint density at radius 2 is 2.04 bits per heavy atom. The number of piperidine rings is 1. The maximum Gasteiger partial charge on any atom is 0.314 e. The number of amides is 2. The highest BCUT2D eigenvalue weighted by Crippen LogP contribution is 2.25. The van der Waals surface area contributed by atoms with Crippen molar-refractivity contribution in [1.29, 1.82) is 0 Å². The molecule has 1 fully saturated rings. The standard InChI is InChI=1S/C18H26N2O3/c1-4-14-9-7-8-12-20(14)18(22)17(21)19-15-10-5-6-11-16(15)23-13(2)3/h5-6,10-11,13-14H,4,7-9,12H2,1-3H3,(H,19,21). The molecule has 0 spiro atoms. The van der Waals surface area contributed by atoms with Crippen LogP contribution in [0.3, 0.4) is 0 Å². The Morgan fingerprint density at radius 1 is 1.30 bits per heavy atom. The van der Waals surface area contributed by atoms with Crippen LogP contribution in [0.1, 0.15) is 46.5 Å². The van der Waals surface area contributed by atoms with Gasteiger partial charge in [0.15, 0.2) is 0 Å². The van der Waals surface area contributed by atoms with Crippen LogP contribution < -0.4 is 10.1 Å². The summed E-state index contributed by atoms with van der Waals surface area (Å²) < 4.78 is 5.67. The number of nitrogens with zero attached hydrogens (tertiary/aromatic N) is 1. The van der Waals surface area contributed by atoms with Crippen molar-refractivity contribution in [3.8, 4) is 5.75 Å².